The predicted molar refractivity (Wildman–Crippen MR) is 85.4 cm³/mol. The standard InChI is InChI=1S/C17H26N2O3/c1-18-16(22)11-17(15(21)10-14(12-20)19-17)9-5-8-13-6-3-2-4-7-13/h2-4,6-7,14-15,19-21H,5,8-12H2,1H3,(H,18,22)/t14-,15-,17+/m0/s1. The third-order valence-electron chi connectivity index (χ3n) is 4.54. The van der Waals surface area contributed by atoms with E-state index in [9.17, 15) is 15.0 Å². The molecule has 1 amide bonds. The predicted octanol–water partition coefficient (Wildman–Crippen LogP) is 0.599. The summed E-state index contributed by atoms with van der Waals surface area (Å²) < 4.78 is 0. The molecule has 0 unspecified atom stereocenters. The number of nitrogens with one attached hydrogen (secondary N) is 2. The number of hydrogen-bond acceptors (Lipinski definition) is 4. The van der Waals surface area contributed by atoms with Gasteiger partial charge in [-0.3, -0.25) is 4.79 Å². The lowest BCUT2D eigenvalue weighted by Crippen LogP contribution is -2.52. The number of hydrogen-bond donors (Lipinski definition) is 4. The molecular formula is C17H26N2O3. The van der Waals surface area contributed by atoms with Crippen molar-refractivity contribution in [2.45, 2.75) is 49.8 Å². The van der Waals surface area contributed by atoms with Gasteiger partial charge in [0.25, 0.3) is 0 Å². The van der Waals surface area contributed by atoms with Crippen LogP contribution in [0.15, 0.2) is 30.3 Å². The van der Waals surface area contributed by atoms with E-state index in [0.29, 0.717) is 12.8 Å². The van der Waals surface area contributed by atoms with Gasteiger partial charge in [-0.2, -0.15) is 0 Å². The molecule has 2 rings (SSSR count). The number of rotatable bonds is 7. The van der Waals surface area contributed by atoms with E-state index in [-0.39, 0.29) is 25.0 Å². The molecule has 0 bridgehead atoms. The van der Waals surface area contributed by atoms with Gasteiger partial charge >= 0.3 is 0 Å². The van der Waals surface area contributed by atoms with Crippen LogP contribution in [0.1, 0.15) is 31.2 Å². The molecule has 1 fully saturated rings. The normalized spacial score (nSPS) is 27.8. The van der Waals surface area contributed by atoms with Crippen LogP contribution >= 0.6 is 0 Å². The van der Waals surface area contributed by atoms with E-state index in [1.54, 1.807) is 7.05 Å². The summed E-state index contributed by atoms with van der Waals surface area (Å²) in [5.41, 5.74) is 0.617. The van der Waals surface area contributed by atoms with Crippen molar-refractivity contribution in [3.63, 3.8) is 0 Å². The van der Waals surface area contributed by atoms with Gasteiger partial charge < -0.3 is 20.8 Å². The topological polar surface area (TPSA) is 81.6 Å². The van der Waals surface area contributed by atoms with Crippen molar-refractivity contribution in [1.29, 1.82) is 0 Å². The Balaban J connectivity index is 2.00. The van der Waals surface area contributed by atoms with Crippen molar-refractivity contribution in [3.05, 3.63) is 35.9 Å². The number of amides is 1. The quantitative estimate of drug-likeness (QED) is 0.595. The fraction of sp³-hybridized carbons (Fsp3) is 0.588. The Hall–Kier alpha value is -1.43. The molecule has 0 aliphatic carbocycles. The fourth-order valence-corrected chi connectivity index (χ4v) is 3.30. The van der Waals surface area contributed by atoms with Crippen LogP contribution in [0.5, 0.6) is 0 Å². The number of aryl methyl sites for hydroxylation is 1. The van der Waals surface area contributed by atoms with E-state index in [4.69, 9.17) is 0 Å². The van der Waals surface area contributed by atoms with Gasteiger partial charge in [0.2, 0.25) is 5.91 Å². The zero-order valence-corrected chi connectivity index (χ0v) is 13.1. The molecule has 1 aromatic carbocycles. The largest absolute Gasteiger partial charge is 0.395 e. The summed E-state index contributed by atoms with van der Waals surface area (Å²) in [4.78, 5) is 11.8. The first-order chi connectivity index (χ1) is 10.6. The van der Waals surface area contributed by atoms with Crippen molar-refractivity contribution in [3.8, 4) is 0 Å². The van der Waals surface area contributed by atoms with Crippen LogP contribution in [-0.4, -0.2) is 47.5 Å². The summed E-state index contributed by atoms with van der Waals surface area (Å²) in [5.74, 6) is -0.0927. The number of benzene rings is 1. The molecule has 0 radical (unpaired) electrons. The monoisotopic (exact) mass is 306 g/mol. The Kier molecular flexibility index (Phi) is 5.94. The number of aliphatic hydroxyl groups excluding tert-OH is 2. The van der Waals surface area contributed by atoms with Crippen molar-refractivity contribution in [2.75, 3.05) is 13.7 Å². The Labute approximate surface area is 131 Å². The van der Waals surface area contributed by atoms with E-state index in [1.807, 2.05) is 18.2 Å². The number of aliphatic hydroxyl groups is 2. The van der Waals surface area contributed by atoms with Crippen LogP contribution in [0.2, 0.25) is 0 Å². The molecule has 1 aromatic rings. The van der Waals surface area contributed by atoms with Crippen molar-refractivity contribution in [1.82, 2.24) is 10.6 Å². The molecule has 22 heavy (non-hydrogen) atoms. The second kappa shape index (κ2) is 7.72. The average Bonchev–Trinajstić information content (AvgIpc) is 2.84. The zero-order chi connectivity index (χ0) is 16.0. The molecule has 1 aliphatic rings. The Morgan fingerprint density at radius 2 is 2.14 bits per heavy atom. The van der Waals surface area contributed by atoms with Gasteiger partial charge in [0.1, 0.15) is 0 Å². The van der Waals surface area contributed by atoms with Crippen LogP contribution in [0.25, 0.3) is 0 Å². The SMILES string of the molecule is CNC(=O)C[C@@]1(CCCc2ccccc2)N[C@H](CO)C[C@@H]1O. The van der Waals surface area contributed by atoms with E-state index >= 15 is 0 Å². The molecule has 0 spiro atoms. The smallest absolute Gasteiger partial charge is 0.221 e. The number of carbonyl (C=O) groups is 1. The van der Waals surface area contributed by atoms with Crippen LogP contribution < -0.4 is 10.6 Å². The molecule has 122 valence electrons. The highest BCUT2D eigenvalue weighted by Crippen LogP contribution is 2.32. The molecule has 0 saturated carbocycles. The Morgan fingerprint density at radius 1 is 1.41 bits per heavy atom. The van der Waals surface area contributed by atoms with Crippen LogP contribution in [0.4, 0.5) is 0 Å². The van der Waals surface area contributed by atoms with Gasteiger partial charge in [-0.15, -0.1) is 0 Å². The molecule has 1 aliphatic heterocycles. The van der Waals surface area contributed by atoms with Gasteiger partial charge in [0.05, 0.1) is 18.2 Å². The van der Waals surface area contributed by atoms with Crippen LogP contribution in [0.3, 0.4) is 0 Å². The lowest BCUT2D eigenvalue weighted by Gasteiger charge is -2.33. The molecule has 0 aromatic heterocycles. The molecule has 5 heteroatoms. The maximum absolute atomic E-state index is 11.8. The van der Waals surface area contributed by atoms with Gasteiger partial charge in [-0.25, -0.2) is 0 Å². The molecule has 1 heterocycles. The van der Waals surface area contributed by atoms with E-state index in [0.717, 1.165) is 12.8 Å². The third kappa shape index (κ3) is 4.06. The maximum Gasteiger partial charge on any atom is 0.221 e. The second-order valence-corrected chi connectivity index (χ2v) is 6.12. The zero-order valence-electron chi connectivity index (χ0n) is 13.1. The highest BCUT2D eigenvalue weighted by molar-refractivity contribution is 5.77. The second-order valence-electron chi connectivity index (χ2n) is 6.12. The minimum absolute atomic E-state index is 0.0226. The first-order valence-corrected chi connectivity index (χ1v) is 7.91. The Bertz CT molecular complexity index is 480. The summed E-state index contributed by atoms with van der Waals surface area (Å²) in [7, 11) is 1.60. The number of carbonyl (C=O) groups excluding carboxylic acids is 1. The lowest BCUT2D eigenvalue weighted by atomic mass is 9.84. The minimum Gasteiger partial charge on any atom is -0.395 e. The molecular weight excluding hydrogens is 280 g/mol. The van der Waals surface area contributed by atoms with Gasteiger partial charge in [0, 0.05) is 19.5 Å². The van der Waals surface area contributed by atoms with Crippen molar-refractivity contribution in [2.24, 2.45) is 0 Å². The summed E-state index contributed by atoms with van der Waals surface area (Å²) in [5, 5.41) is 25.7. The first kappa shape index (κ1) is 16.9. The molecule has 5 nitrogen and oxygen atoms in total. The maximum atomic E-state index is 11.8. The highest BCUT2D eigenvalue weighted by atomic mass is 16.3. The van der Waals surface area contributed by atoms with Gasteiger partial charge in [-0.05, 0) is 31.2 Å². The van der Waals surface area contributed by atoms with Gasteiger partial charge in [-0.1, -0.05) is 30.3 Å². The van der Waals surface area contributed by atoms with Crippen LogP contribution in [0, 0.1) is 0 Å². The highest BCUT2D eigenvalue weighted by Gasteiger charge is 2.46. The van der Waals surface area contributed by atoms with Crippen molar-refractivity contribution >= 4 is 5.91 Å². The first-order valence-electron chi connectivity index (χ1n) is 7.91. The summed E-state index contributed by atoms with van der Waals surface area (Å²) >= 11 is 0. The summed E-state index contributed by atoms with van der Waals surface area (Å²) in [6.45, 7) is -0.0226. The summed E-state index contributed by atoms with van der Waals surface area (Å²) in [6, 6.07) is 10.0. The molecule has 3 atom stereocenters. The van der Waals surface area contributed by atoms with Gasteiger partial charge in [0.15, 0.2) is 0 Å². The van der Waals surface area contributed by atoms with E-state index in [1.165, 1.54) is 5.56 Å². The molecule has 4 N–H and O–H groups in total. The minimum atomic E-state index is -0.637. The lowest BCUT2D eigenvalue weighted by molar-refractivity contribution is -0.123. The Morgan fingerprint density at radius 3 is 2.73 bits per heavy atom. The van der Waals surface area contributed by atoms with Crippen LogP contribution in [-0.2, 0) is 11.2 Å². The van der Waals surface area contributed by atoms with E-state index in [2.05, 4.69) is 22.8 Å². The fourth-order valence-electron chi connectivity index (χ4n) is 3.30. The average molecular weight is 306 g/mol. The summed E-state index contributed by atoms with van der Waals surface area (Å²) in [6.07, 6.45) is 2.59. The van der Waals surface area contributed by atoms with Crippen molar-refractivity contribution < 1.29 is 15.0 Å². The third-order valence-corrected chi connectivity index (χ3v) is 4.54. The molecule has 1 saturated heterocycles. The van der Waals surface area contributed by atoms with E-state index < -0.39 is 11.6 Å².